The van der Waals surface area contributed by atoms with Crippen molar-refractivity contribution < 1.29 is 8.78 Å². The molecule has 0 saturated carbocycles. The van der Waals surface area contributed by atoms with Gasteiger partial charge in [0.25, 0.3) is 0 Å². The van der Waals surface area contributed by atoms with Gasteiger partial charge in [0, 0.05) is 6.20 Å². The number of rotatable bonds is 0. The number of halogens is 2. The first-order chi connectivity index (χ1) is 6.18. The van der Waals surface area contributed by atoms with Gasteiger partial charge in [0.15, 0.2) is 11.6 Å². The van der Waals surface area contributed by atoms with E-state index in [2.05, 4.69) is 9.97 Å². The number of benzene rings is 1. The molecule has 1 aromatic heterocycles. The van der Waals surface area contributed by atoms with Crippen LogP contribution in [0.5, 0.6) is 0 Å². The normalized spacial score (nSPS) is 10.7. The van der Waals surface area contributed by atoms with E-state index in [-0.39, 0.29) is 11.0 Å². The molecule has 13 heavy (non-hydrogen) atoms. The average Bonchev–Trinajstić information content (AvgIpc) is 2.12. The summed E-state index contributed by atoms with van der Waals surface area (Å²) in [5.41, 5.74) is 0.530. The van der Waals surface area contributed by atoms with E-state index >= 15 is 0 Å². The molecule has 66 valence electrons. The zero-order valence-corrected chi connectivity index (χ0v) is 6.88. The third-order valence-corrected chi connectivity index (χ3v) is 1.72. The third kappa shape index (κ3) is 1.24. The molecule has 2 rings (SSSR count). The van der Waals surface area contributed by atoms with Crippen LogP contribution in [0.2, 0.25) is 0 Å². The second-order valence-electron chi connectivity index (χ2n) is 2.74. The maximum Gasteiger partial charge on any atom is 0.151 e. The molecular weight excluding hydrogens is 174 g/mol. The van der Waals surface area contributed by atoms with E-state index in [1.165, 1.54) is 6.20 Å². The van der Waals surface area contributed by atoms with Gasteiger partial charge in [-0.25, -0.2) is 18.7 Å². The highest BCUT2D eigenvalue weighted by Crippen LogP contribution is 2.16. The molecule has 2 nitrogen and oxygen atoms in total. The second kappa shape index (κ2) is 2.73. The summed E-state index contributed by atoms with van der Waals surface area (Å²) in [6.07, 6.45) is 1.41. The first-order valence-corrected chi connectivity index (χ1v) is 3.76. The highest BCUT2D eigenvalue weighted by molar-refractivity contribution is 5.75. The lowest BCUT2D eigenvalue weighted by molar-refractivity contribution is 0.612. The van der Waals surface area contributed by atoms with Gasteiger partial charge in [0.1, 0.15) is 11.0 Å². The van der Waals surface area contributed by atoms with Crippen molar-refractivity contribution in [2.45, 2.75) is 6.92 Å². The molecule has 0 N–H and O–H groups in total. The summed E-state index contributed by atoms with van der Waals surface area (Å²) in [6.45, 7) is 1.68. The summed E-state index contributed by atoms with van der Waals surface area (Å²) in [5, 5.41) is 0. The highest BCUT2D eigenvalue weighted by Gasteiger charge is 2.07. The van der Waals surface area contributed by atoms with Gasteiger partial charge in [0.2, 0.25) is 0 Å². The lowest BCUT2D eigenvalue weighted by Gasteiger charge is -1.99. The predicted molar refractivity (Wildman–Crippen MR) is 44.2 cm³/mol. The summed E-state index contributed by atoms with van der Waals surface area (Å²) >= 11 is 0. The van der Waals surface area contributed by atoms with E-state index in [0.717, 1.165) is 12.1 Å². The molecule has 1 aromatic carbocycles. The van der Waals surface area contributed by atoms with E-state index < -0.39 is 11.6 Å². The van der Waals surface area contributed by atoms with Crippen molar-refractivity contribution in [2.75, 3.05) is 0 Å². The SMILES string of the molecule is Cc1cnc2c(F)ccc(F)c2n1. The average molecular weight is 180 g/mol. The molecule has 0 unspecified atom stereocenters. The molecule has 0 aliphatic carbocycles. The van der Waals surface area contributed by atoms with Gasteiger partial charge in [-0.3, -0.25) is 0 Å². The van der Waals surface area contributed by atoms with Crippen molar-refractivity contribution in [3.8, 4) is 0 Å². The Balaban J connectivity index is 2.92. The summed E-state index contributed by atoms with van der Waals surface area (Å²) in [7, 11) is 0. The van der Waals surface area contributed by atoms with Gasteiger partial charge in [-0.2, -0.15) is 0 Å². The fourth-order valence-corrected chi connectivity index (χ4v) is 1.12. The molecule has 0 aliphatic rings. The molecule has 0 aliphatic heterocycles. The molecule has 0 bridgehead atoms. The Kier molecular flexibility index (Phi) is 1.69. The topological polar surface area (TPSA) is 25.8 Å². The Bertz CT molecular complexity index is 468. The number of nitrogens with zero attached hydrogens (tertiary/aromatic N) is 2. The predicted octanol–water partition coefficient (Wildman–Crippen LogP) is 2.22. The lowest BCUT2D eigenvalue weighted by atomic mass is 10.2. The van der Waals surface area contributed by atoms with E-state index in [4.69, 9.17) is 0 Å². The largest absolute Gasteiger partial charge is 0.250 e. The molecule has 0 radical (unpaired) electrons. The second-order valence-corrected chi connectivity index (χ2v) is 2.74. The smallest absolute Gasteiger partial charge is 0.151 e. The van der Waals surface area contributed by atoms with Crippen LogP contribution in [-0.2, 0) is 0 Å². The van der Waals surface area contributed by atoms with E-state index in [1.54, 1.807) is 6.92 Å². The quantitative estimate of drug-likeness (QED) is 0.621. The minimum atomic E-state index is -0.552. The molecule has 0 saturated heterocycles. The van der Waals surface area contributed by atoms with Crippen LogP contribution in [-0.4, -0.2) is 9.97 Å². The minimum Gasteiger partial charge on any atom is -0.250 e. The van der Waals surface area contributed by atoms with E-state index in [1.807, 2.05) is 0 Å². The fraction of sp³-hybridized carbons (Fsp3) is 0.111. The summed E-state index contributed by atoms with van der Waals surface area (Å²) in [6, 6.07) is 2.09. The molecule has 4 heteroatoms. The number of fused-ring (bicyclic) bond motifs is 1. The van der Waals surface area contributed by atoms with Crippen LogP contribution in [0.3, 0.4) is 0 Å². The van der Waals surface area contributed by atoms with Gasteiger partial charge >= 0.3 is 0 Å². The maximum absolute atomic E-state index is 13.1. The molecule has 1 heterocycles. The van der Waals surface area contributed by atoms with Crippen LogP contribution in [0.15, 0.2) is 18.3 Å². The van der Waals surface area contributed by atoms with Gasteiger partial charge in [-0.15, -0.1) is 0 Å². The Morgan fingerprint density at radius 2 is 1.69 bits per heavy atom. The molecule has 0 atom stereocenters. The first-order valence-electron chi connectivity index (χ1n) is 3.76. The van der Waals surface area contributed by atoms with Crippen LogP contribution >= 0.6 is 0 Å². The number of aromatic nitrogens is 2. The highest BCUT2D eigenvalue weighted by atomic mass is 19.1. The summed E-state index contributed by atoms with van der Waals surface area (Å²) in [4.78, 5) is 7.62. The van der Waals surface area contributed by atoms with Gasteiger partial charge in [-0.1, -0.05) is 0 Å². The Morgan fingerprint density at radius 1 is 1.08 bits per heavy atom. The van der Waals surface area contributed by atoms with Crippen molar-refractivity contribution in [3.63, 3.8) is 0 Å². The summed E-state index contributed by atoms with van der Waals surface area (Å²) < 4.78 is 26.1. The first kappa shape index (κ1) is 8.04. The van der Waals surface area contributed by atoms with Crippen LogP contribution in [0.4, 0.5) is 8.78 Å². The number of hydrogen-bond acceptors (Lipinski definition) is 2. The van der Waals surface area contributed by atoms with Crippen molar-refractivity contribution in [3.05, 3.63) is 35.7 Å². The standard InChI is InChI=1S/C9H6F2N2/c1-5-4-12-8-6(10)2-3-7(11)9(8)13-5/h2-4H,1H3. The summed E-state index contributed by atoms with van der Waals surface area (Å²) in [5.74, 6) is -1.10. The Morgan fingerprint density at radius 3 is 2.38 bits per heavy atom. The molecule has 0 amide bonds. The van der Waals surface area contributed by atoms with Crippen LogP contribution in [0, 0.1) is 18.6 Å². The zero-order chi connectivity index (χ0) is 9.42. The zero-order valence-electron chi connectivity index (χ0n) is 6.88. The lowest BCUT2D eigenvalue weighted by Crippen LogP contribution is -1.93. The maximum atomic E-state index is 13.1. The molecule has 0 fully saturated rings. The minimum absolute atomic E-state index is 0.0139. The number of aryl methyl sites for hydroxylation is 1. The fourth-order valence-electron chi connectivity index (χ4n) is 1.12. The van der Waals surface area contributed by atoms with Crippen molar-refractivity contribution >= 4 is 11.0 Å². The Labute approximate surface area is 73.2 Å². The van der Waals surface area contributed by atoms with Crippen LogP contribution < -0.4 is 0 Å². The van der Waals surface area contributed by atoms with Crippen molar-refractivity contribution in [2.24, 2.45) is 0 Å². The van der Waals surface area contributed by atoms with Crippen molar-refractivity contribution in [1.82, 2.24) is 9.97 Å². The van der Waals surface area contributed by atoms with Gasteiger partial charge in [0.05, 0.1) is 5.69 Å². The van der Waals surface area contributed by atoms with Gasteiger partial charge < -0.3 is 0 Å². The van der Waals surface area contributed by atoms with E-state index in [0.29, 0.717) is 5.69 Å². The third-order valence-electron chi connectivity index (χ3n) is 1.72. The Hall–Kier alpha value is -1.58. The van der Waals surface area contributed by atoms with Crippen LogP contribution in [0.1, 0.15) is 5.69 Å². The monoisotopic (exact) mass is 180 g/mol. The molecule has 2 aromatic rings. The van der Waals surface area contributed by atoms with Crippen LogP contribution in [0.25, 0.3) is 11.0 Å². The van der Waals surface area contributed by atoms with Gasteiger partial charge in [-0.05, 0) is 19.1 Å². The number of hydrogen-bond donors (Lipinski definition) is 0. The van der Waals surface area contributed by atoms with E-state index in [9.17, 15) is 8.78 Å². The van der Waals surface area contributed by atoms with Crippen molar-refractivity contribution in [1.29, 1.82) is 0 Å². The molecule has 0 spiro atoms. The molecular formula is C9H6F2N2.